The van der Waals surface area contributed by atoms with E-state index in [2.05, 4.69) is 15.5 Å². The second-order valence-corrected chi connectivity index (χ2v) is 4.76. The van der Waals surface area contributed by atoms with Crippen LogP contribution in [0.3, 0.4) is 0 Å². The highest BCUT2D eigenvalue weighted by Crippen LogP contribution is 2.20. The molecule has 0 aromatic carbocycles. The Bertz CT molecular complexity index is 338. The van der Waals surface area contributed by atoms with Crippen LogP contribution >= 0.6 is 0 Å². The van der Waals surface area contributed by atoms with E-state index in [1.54, 1.807) is 0 Å². The van der Waals surface area contributed by atoms with Gasteiger partial charge in [0.2, 0.25) is 5.91 Å². The maximum Gasteiger partial charge on any atom is 0.321 e. The molecule has 0 bridgehead atoms. The SMILES string of the molecule is CNC(=O)NC(=O)CCN1CCC(CC(=O)O)CC1. The van der Waals surface area contributed by atoms with Gasteiger partial charge in [0.25, 0.3) is 0 Å². The van der Waals surface area contributed by atoms with Crippen molar-refractivity contribution in [2.75, 3.05) is 26.7 Å². The molecule has 0 radical (unpaired) electrons. The molecule has 108 valence electrons. The number of piperidine rings is 1. The van der Waals surface area contributed by atoms with Crippen molar-refractivity contribution in [2.24, 2.45) is 5.92 Å². The van der Waals surface area contributed by atoms with Gasteiger partial charge in [-0.25, -0.2) is 4.79 Å². The first-order valence-corrected chi connectivity index (χ1v) is 6.47. The van der Waals surface area contributed by atoms with Crippen LogP contribution in [-0.4, -0.2) is 54.6 Å². The summed E-state index contributed by atoms with van der Waals surface area (Å²) in [6.45, 7) is 2.22. The maximum atomic E-state index is 11.4. The zero-order chi connectivity index (χ0) is 14.3. The average Bonchev–Trinajstić information content (AvgIpc) is 2.37. The second-order valence-electron chi connectivity index (χ2n) is 4.76. The number of hydrogen-bond acceptors (Lipinski definition) is 4. The van der Waals surface area contributed by atoms with Gasteiger partial charge >= 0.3 is 12.0 Å². The number of carboxylic acids is 1. The van der Waals surface area contributed by atoms with Gasteiger partial charge in [-0.2, -0.15) is 0 Å². The average molecular weight is 271 g/mol. The molecule has 7 nitrogen and oxygen atoms in total. The van der Waals surface area contributed by atoms with Gasteiger partial charge in [-0.3, -0.25) is 14.9 Å². The lowest BCUT2D eigenvalue weighted by Crippen LogP contribution is -2.40. The molecular formula is C12H21N3O4. The number of hydrogen-bond donors (Lipinski definition) is 3. The van der Waals surface area contributed by atoms with Crippen LogP contribution in [0.4, 0.5) is 4.79 Å². The smallest absolute Gasteiger partial charge is 0.321 e. The molecule has 0 aromatic heterocycles. The largest absolute Gasteiger partial charge is 0.481 e. The molecule has 3 N–H and O–H groups in total. The van der Waals surface area contributed by atoms with E-state index >= 15 is 0 Å². The Morgan fingerprint density at radius 1 is 1.26 bits per heavy atom. The van der Waals surface area contributed by atoms with Gasteiger partial charge in [0, 0.05) is 26.4 Å². The van der Waals surface area contributed by atoms with Gasteiger partial charge in [-0.05, 0) is 31.8 Å². The number of urea groups is 1. The summed E-state index contributed by atoms with van der Waals surface area (Å²) in [5, 5.41) is 13.2. The number of carbonyl (C=O) groups excluding carboxylic acids is 2. The van der Waals surface area contributed by atoms with Crippen molar-refractivity contribution >= 4 is 17.9 Å². The highest BCUT2D eigenvalue weighted by molar-refractivity contribution is 5.94. The van der Waals surface area contributed by atoms with Crippen LogP contribution in [-0.2, 0) is 9.59 Å². The Morgan fingerprint density at radius 3 is 2.42 bits per heavy atom. The van der Waals surface area contributed by atoms with E-state index in [1.165, 1.54) is 7.05 Å². The summed E-state index contributed by atoms with van der Waals surface area (Å²) in [6, 6.07) is -0.495. The summed E-state index contributed by atoms with van der Waals surface area (Å²) >= 11 is 0. The number of imide groups is 1. The van der Waals surface area contributed by atoms with E-state index < -0.39 is 12.0 Å². The quantitative estimate of drug-likeness (QED) is 0.654. The fourth-order valence-electron chi connectivity index (χ4n) is 2.17. The maximum absolute atomic E-state index is 11.4. The number of aliphatic carboxylic acids is 1. The molecule has 0 atom stereocenters. The molecule has 0 saturated carbocycles. The van der Waals surface area contributed by atoms with Crippen molar-refractivity contribution in [2.45, 2.75) is 25.7 Å². The fourth-order valence-corrected chi connectivity index (χ4v) is 2.17. The number of amides is 3. The van der Waals surface area contributed by atoms with Gasteiger partial charge in [-0.1, -0.05) is 0 Å². The first-order chi connectivity index (χ1) is 9.01. The lowest BCUT2D eigenvalue weighted by Gasteiger charge is -2.30. The number of likely N-dealkylation sites (tertiary alicyclic amines) is 1. The summed E-state index contributed by atoms with van der Waals surface area (Å²) in [5.41, 5.74) is 0. The van der Waals surface area contributed by atoms with E-state index in [-0.39, 0.29) is 24.7 Å². The Balaban J connectivity index is 2.17. The Labute approximate surface area is 112 Å². The molecule has 0 spiro atoms. The number of nitrogens with zero attached hydrogens (tertiary/aromatic N) is 1. The molecule has 1 heterocycles. The Hall–Kier alpha value is -1.63. The van der Waals surface area contributed by atoms with E-state index in [9.17, 15) is 14.4 Å². The molecular weight excluding hydrogens is 250 g/mol. The standard InChI is InChI=1S/C12H21N3O4/c1-13-12(19)14-10(16)4-7-15-5-2-9(3-6-15)8-11(17)18/h9H,2-8H2,1H3,(H,17,18)(H2,13,14,16,19). The number of rotatable bonds is 5. The van der Waals surface area contributed by atoms with E-state index in [0.29, 0.717) is 6.54 Å². The minimum Gasteiger partial charge on any atom is -0.481 e. The summed E-state index contributed by atoms with van der Waals surface area (Å²) in [6.07, 6.45) is 2.20. The molecule has 1 saturated heterocycles. The lowest BCUT2D eigenvalue weighted by atomic mass is 9.93. The summed E-state index contributed by atoms with van der Waals surface area (Å²) in [5.74, 6) is -0.802. The number of nitrogens with one attached hydrogen (secondary N) is 2. The Kier molecular flexibility index (Phi) is 6.27. The molecule has 1 rings (SSSR count). The normalized spacial score (nSPS) is 16.9. The number of carbonyl (C=O) groups is 3. The van der Waals surface area contributed by atoms with Crippen LogP contribution in [0, 0.1) is 5.92 Å². The van der Waals surface area contributed by atoms with Gasteiger partial charge in [0.1, 0.15) is 0 Å². The topological polar surface area (TPSA) is 98.7 Å². The molecule has 1 aliphatic heterocycles. The predicted octanol–water partition coefficient (Wildman–Crippen LogP) is 0.0188. The summed E-state index contributed by atoms with van der Waals surface area (Å²) in [4.78, 5) is 35.0. The van der Waals surface area contributed by atoms with Crippen molar-refractivity contribution in [1.29, 1.82) is 0 Å². The second kappa shape index (κ2) is 7.73. The zero-order valence-corrected chi connectivity index (χ0v) is 11.1. The summed E-state index contributed by atoms with van der Waals surface area (Å²) < 4.78 is 0. The highest BCUT2D eigenvalue weighted by atomic mass is 16.4. The first kappa shape index (κ1) is 15.4. The van der Waals surface area contributed by atoms with Gasteiger partial charge in [0.15, 0.2) is 0 Å². The van der Waals surface area contributed by atoms with E-state index in [0.717, 1.165) is 25.9 Å². The monoisotopic (exact) mass is 271 g/mol. The van der Waals surface area contributed by atoms with Crippen molar-refractivity contribution in [3.05, 3.63) is 0 Å². The molecule has 0 unspecified atom stereocenters. The third-order valence-corrected chi connectivity index (χ3v) is 3.31. The summed E-state index contributed by atoms with van der Waals surface area (Å²) in [7, 11) is 1.45. The molecule has 1 aliphatic rings. The molecule has 7 heteroatoms. The zero-order valence-electron chi connectivity index (χ0n) is 11.1. The molecule has 0 aliphatic carbocycles. The highest BCUT2D eigenvalue weighted by Gasteiger charge is 2.21. The molecule has 1 fully saturated rings. The van der Waals surface area contributed by atoms with Crippen LogP contribution < -0.4 is 10.6 Å². The van der Waals surface area contributed by atoms with Gasteiger partial charge < -0.3 is 15.3 Å². The van der Waals surface area contributed by atoms with Gasteiger partial charge in [-0.15, -0.1) is 0 Å². The number of carboxylic acid groups (broad SMARTS) is 1. The van der Waals surface area contributed by atoms with Crippen LogP contribution in [0.2, 0.25) is 0 Å². The van der Waals surface area contributed by atoms with Crippen LogP contribution in [0.1, 0.15) is 25.7 Å². The molecule has 3 amide bonds. The van der Waals surface area contributed by atoms with Crippen LogP contribution in [0.5, 0.6) is 0 Å². The fraction of sp³-hybridized carbons (Fsp3) is 0.750. The van der Waals surface area contributed by atoms with Crippen molar-refractivity contribution in [3.8, 4) is 0 Å². The Morgan fingerprint density at radius 2 is 1.89 bits per heavy atom. The van der Waals surface area contributed by atoms with Crippen molar-refractivity contribution in [3.63, 3.8) is 0 Å². The van der Waals surface area contributed by atoms with Gasteiger partial charge in [0.05, 0.1) is 0 Å². The molecule has 0 aromatic rings. The molecule has 19 heavy (non-hydrogen) atoms. The van der Waals surface area contributed by atoms with Crippen molar-refractivity contribution in [1.82, 2.24) is 15.5 Å². The van der Waals surface area contributed by atoms with E-state index in [1.807, 2.05) is 0 Å². The third kappa shape index (κ3) is 6.19. The first-order valence-electron chi connectivity index (χ1n) is 6.47. The van der Waals surface area contributed by atoms with E-state index in [4.69, 9.17) is 5.11 Å². The van der Waals surface area contributed by atoms with Crippen molar-refractivity contribution < 1.29 is 19.5 Å². The minimum atomic E-state index is -0.747. The third-order valence-electron chi connectivity index (χ3n) is 3.31. The van der Waals surface area contributed by atoms with Crippen LogP contribution in [0.15, 0.2) is 0 Å². The van der Waals surface area contributed by atoms with Crippen LogP contribution in [0.25, 0.3) is 0 Å². The minimum absolute atomic E-state index is 0.227. The lowest BCUT2D eigenvalue weighted by molar-refractivity contribution is -0.138. The predicted molar refractivity (Wildman–Crippen MR) is 68.6 cm³/mol.